The Bertz CT molecular complexity index is 559. The lowest BCUT2D eigenvalue weighted by Crippen LogP contribution is -2.18. The van der Waals surface area contributed by atoms with Gasteiger partial charge in [0.2, 0.25) is 0 Å². The van der Waals surface area contributed by atoms with E-state index < -0.39 is 0 Å². The number of halogens is 2. The number of benzene rings is 1. The molecule has 1 aromatic heterocycles. The molecule has 0 atom stereocenters. The van der Waals surface area contributed by atoms with Crippen LogP contribution in [0.2, 0.25) is 0 Å². The third kappa shape index (κ3) is 4.13. The fourth-order valence-corrected chi connectivity index (χ4v) is 2.23. The Balaban J connectivity index is 1.94. The summed E-state index contributed by atoms with van der Waals surface area (Å²) in [7, 11) is 1.68. The van der Waals surface area contributed by atoms with E-state index in [1.54, 1.807) is 17.9 Å². The first kappa shape index (κ1) is 15.2. The Hall–Kier alpha value is -1.24. The van der Waals surface area contributed by atoms with Crippen LogP contribution < -0.4 is 5.32 Å². The molecule has 0 fully saturated rings. The molecule has 6 heteroatoms. The highest BCUT2D eigenvalue weighted by Gasteiger charge is 2.06. The maximum atomic E-state index is 13.4. The van der Waals surface area contributed by atoms with E-state index in [9.17, 15) is 4.39 Å². The second kappa shape index (κ2) is 7.52. The summed E-state index contributed by atoms with van der Waals surface area (Å²) in [5, 5.41) is 7.54. The molecule has 0 saturated carbocycles. The Morgan fingerprint density at radius 3 is 3.10 bits per heavy atom. The van der Waals surface area contributed by atoms with E-state index in [1.165, 1.54) is 6.07 Å². The van der Waals surface area contributed by atoms with Gasteiger partial charge < -0.3 is 10.1 Å². The first-order valence-electron chi connectivity index (χ1n) is 6.34. The molecule has 0 unspecified atom stereocenters. The minimum Gasteiger partial charge on any atom is -0.383 e. The fourth-order valence-electron chi connectivity index (χ4n) is 1.84. The first-order chi connectivity index (χ1) is 9.70. The Labute approximate surface area is 126 Å². The average Bonchev–Trinajstić information content (AvgIpc) is 2.88. The van der Waals surface area contributed by atoms with Crippen LogP contribution in [0.3, 0.4) is 0 Å². The molecular weight excluding hydrogens is 325 g/mol. The van der Waals surface area contributed by atoms with Gasteiger partial charge >= 0.3 is 0 Å². The maximum Gasteiger partial charge on any atom is 0.137 e. The van der Waals surface area contributed by atoms with Gasteiger partial charge in [0, 0.05) is 32.0 Å². The Morgan fingerprint density at radius 2 is 2.30 bits per heavy atom. The molecule has 2 rings (SSSR count). The van der Waals surface area contributed by atoms with Gasteiger partial charge in [-0.15, -0.1) is 0 Å². The lowest BCUT2D eigenvalue weighted by atomic mass is 10.2. The van der Waals surface area contributed by atoms with Gasteiger partial charge in [-0.25, -0.2) is 4.39 Å². The van der Waals surface area contributed by atoms with Gasteiger partial charge in [0.15, 0.2) is 0 Å². The molecule has 0 spiro atoms. The van der Waals surface area contributed by atoms with Gasteiger partial charge in [0.25, 0.3) is 0 Å². The minimum atomic E-state index is -0.254. The SMILES string of the molecule is COCCNCc1cnn(Cc2cccc(F)c2Br)c1. The molecule has 0 amide bonds. The van der Waals surface area contributed by atoms with E-state index in [0.29, 0.717) is 17.6 Å². The lowest BCUT2D eigenvalue weighted by molar-refractivity contribution is 0.199. The number of hydrogen-bond donors (Lipinski definition) is 1. The molecule has 0 aliphatic carbocycles. The van der Waals surface area contributed by atoms with E-state index in [-0.39, 0.29) is 5.82 Å². The molecule has 108 valence electrons. The minimum absolute atomic E-state index is 0.254. The van der Waals surface area contributed by atoms with Crippen molar-refractivity contribution >= 4 is 15.9 Å². The van der Waals surface area contributed by atoms with Crippen molar-refractivity contribution in [2.45, 2.75) is 13.1 Å². The number of hydrogen-bond acceptors (Lipinski definition) is 3. The zero-order valence-corrected chi connectivity index (χ0v) is 12.9. The molecular formula is C14H17BrFN3O. The van der Waals surface area contributed by atoms with Crippen LogP contribution >= 0.6 is 15.9 Å². The Morgan fingerprint density at radius 1 is 1.45 bits per heavy atom. The Kier molecular flexibility index (Phi) is 5.70. The molecule has 4 nitrogen and oxygen atoms in total. The van der Waals surface area contributed by atoms with Crippen LogP contribution in [0.25, 0.3) is 0 Å². The summed E-state index contributed by atoms with van der Waals surface area (Å²) in [6, 6.07) is 5.01. The highest BCUT2D eigenvalue weighted by Crippen LogP contribution is 2.21. The summed E-state index contributed by atoms with van der Waals surface area (Å²) in [5.41, 5.74) is 1.96. The molecule has 20 heavy (non-hydrogen) atoms. The predicted molar refractivity (Wildman–Crippen MR) is 79.0 cm³/mol. The molecule has 1 N–H and O–H groups in total. The quantitative estimate of drug-likeness (QED) is 0.786. The van der Waals surface area contributed by atoms with Crippen molar-refractivity contribution in [1.29, 1.82) is 0 Å². The molecule has 2 aromatic rings. The molecule has 0 saturated heterocycles. The van der Waals surface area contributed by atoms with Gasteiger partial charge in [-0.1, -0.05) is 12.1 Å². The van der Waals surface area contributed by atoms with E-state index in [1.807, 2.05) is 18.5 Å². The van der Waals surface area contributed by atoms with E-state index in [4.69, 9.17) is 4.74 Å². The average molecular weight is 342 g/mol. The van der Waals surface area contributed by atoms with Gasteiger partial charge in [-0.3, -0.25) is 4.68 Å². The van der Waals surface area contributed by atoms with Gasteiger partial charge in [0.1, 0.15) is 5.82 Å². The van der Waals surface area contributed by atoms with Crippen molar-refractivity contribution in [3.63, 3.8) is 0 Å². The first-order valence-corrected chi connectivity index (χ1v) is 7.14. The van der Waals surface area contributed by atoms with Crippen molar-refractivity contribution < 1.29 is 9.13 Å². The van der Waals surface area contributed by atoms with E-state index >= 15 is 0 Å². The summed E-state index contributed by atoms with van der Waals surface area (Å²) in [5.74, 6) is -0.254. The summed E-state index contributed by atoms with van der Waals surface area (Å²) in [6.07, 6.45) is 3.77. The summed E-state index contributed by atoms with van der Waals surface area (Å²) in [6.45, 7) is 2.77. The highest BCUT2D eigenvalue weighted by molar-refractivity contribution is 9.10. The van der Waals surface area contributed by atoms with Crippen LogP contribution in [0.4, 0.5) is 4.39 Å². The zero-order valence-electron chi connectivity index (χ0n) is 11.3. The highest BCUT2D eigenvalue weighted by atomic mass is 79.9. The van der Waals surface area contributed by atoms with Crippen molar-refractivity contribution in [2.24, 2.45) is 0 Å². The van der Waals surface area contributed by atoms with Crippen LogP contribution in [0, 0.1) is 5.82 Å². The van der Waals surface area contributed by atoms with Crippen LogP contribution in [0.5, 0.6) is 0 Å². The second-order valence-corrected chi connectivity index (χ2v) is 5.22. The molecule has 0 aliphatic rings. The molecule has 1 aromatic carbocycles. The number of ether oxygens (including phenoxy) is 1. The number of rotatable bonds is 7. The standard InChI is InChI=1S/C14H17BrFN3O/c1-20-6-5-17-7-11-8-18-19(9-11)10-12-3-2-4-13(16)14(12)15/h2-4,8-9,17H,5-7,10H2,1H3. The number of nitrogens with zero attached hydrogens (tertiary/aromatic N) is 2. The fraction of sp³-hybridized carbons (Fsp3) is 0.357. The van der Waals surface area contributed by atoms with E-state index in [0.717, 1.165) is 24.2 Å². The van der Waals surface area contributed by atoms with Crippen molar-refractivity contribution in [3.05, 3.63) is 52.0 Å². The second-order valence-electron chi connectivity index (χ2n) is 4.43. The van der Waals surface area contributed by atoms with Gasteiger partial charge in [0.05, 0.1) is 23.8 Å². The van der Waals surface area contributed by atoms with Crippen molar-refractivity contribution in [1.82, 2.24) is 15.1 Å². The third-order valence-electron chi connectivity index (χ3n) is 2.86. The molecule has 1 heterocycles. The lowest BCUT2D eigenvalue weighted by Gasteiger charge is -2.05. The largest absolute Gasteiger partial charge is 0.383 e. The molecule has 0 radical (unpaired) electrons. The van der Waals surface area contributed by atoms with Crippen LogP contribution in [0.1, 0.15) is 11.1 Å². The monoisotopic (exact) mass is 341 g/mol. The van der Waals surface area contributed by atoms with Gasteiger partial charge in [-0.05, 0) is 27.6 Å². The predicted octanol–water partition coefficient (Wildman–Crippen LogP) is 2.57. The summed E-state index contributed by atoms with van der Waals surface area (Å²) >= 11 is 3.26. The third-order valence-corrected chi connectivity index (χ3v) is 3.75. The van der Waals surface area contributed by atoms with Crippen molar-refractivity contribution in [3.8, 4) is 0 Å². The number of nitrogens with one attached hydrogen (secondary N) is 1. The van der Waals surface area contributed by atoms with Crippen LogP contribution in [0.15, 0.2) is 35.1 Å². The maximum absolute atomic E-state index is 13.4. The number of aromatic nitrogens is 2. The molecule has 0 bridgehead atoms. The normalized spacial score (nSPS) is 10.9. The molecule has 0 aliphatic heterocycles. The van der Waals surface area contributed by atoms with Crippen LogP contribution in [-0.4, -0.2) is 30.0 Å². The topological polar surface area (TPSA) is 39.1 Å². The number of methoxy groups -OCH3 is 1. The summed E-state index contributed by atoms with van der Waals surface area (Å²) < 4.78 is 20.7. The van der Waals surface area contributed by atoms with Crippen LogP contribution in [-0.2, 0) is 17.8 Å². The smallest absolute Gasteiger partial charge is 0.137 e. The summed E-state index contributed by atoms with van der Waals surface area (Å²) in [4.78, 5) is 0. The van der Waals surface area contributed by atoms with Gasteiger partial charge in [-0.2, -0.15) is 5.10 Å². The van der Waals surface area contributed by atoms with E-state index in [2.05, 4.69) is 26.3 Å². The zero-order chi connectivity index (χ0) is 14.4. The van der Waals surface area contributed by atoms with Crippen molar-refractivity contribution in [2.75, 3.05) is 20.3 Å².